The zero-order chi connectivity index (χ0) is 18.7. The van der Waals surface area contributed by atoms with Crippen molar-refractivity contribution in [1.29, 1.82) is 0 Å². The fraction of sp³-hybridized carbons (Fsp3) is 0.600. The normalized spacial score (nSPS) is 33.8. The zero-order valence-corrected chi connectivity index (χ0v) is 15.5. The van der Waals surface area contributed by atoms with Crippen LogP contribution in [-0.2, 0) is 23.8 Å². The van der Waals surface area contributed by atoms with E-state index in [2.05, 4.69) is 17.4 Å². The van der Waals surface area contributed by atoms with Crippen molar-refractivity contribution in [3.8, 4) is 0 Å². The lowest BCUT2D eigenvalue weighted by Crippen LogP contribution is -2.63. The maximum absolute atomic E-state index is 11.7. The average molecular weight is 361 g/mol. The first-order valence-electron chi connectivity index (χ1n) is 9.17. The molecule has 1 heterocycles. The number of carbonyl (C=O) groups excluding carboxylic acids is 2. The van der Waals surface area contributed by atoms with Crippen molar-refractivity contribution in [2.75, 3.05) is 7.11 Å². The Morgan fingerprint density at radius 2 is 1.88 bits per heavy atom. The fourth-order valence-corrected chi connectivity index (χ4v) is 4.34. The molecule has 1 aliphatic carbocycles. The number of nitrogens with one attached hydrogen (secondary N) is 1. The average Bonchev–Trinajstić information content (AvgIpc) is 2.63. The summed E-state index contributed by atoms with van der Waals surface area (Å²) in [6.45, 7) is 2.84. The standard InChI is InChI=1S/C20H27NO5/c1-12(22)21-18-19(25-13(2)23)16-11-15(14-7-5-4-6-8-14)9-10-17(16)26-20(18)24-3/h4-8,15-20H,9-11H2,1-3H3,(H,21,22)/t15?,16?,17?,18?,19-,20?/m0/s1. The molecule has 1 N–H and O–H groups in total. The van der Waals surface area contributed by atoms with Crippen molar-refractivity contribution in [1.82, 2.24) is 5.32 Å². The molecule has 1 saturated carbocycles. The Hall–Kier alpha value is -1.92. The Morgan fingerprint density at radius 3 is 2.50 bits per heavy atom. The van der Waals surface area contributed by atoms with Crippen molar-refractivity contribution in [3.63, 3.8) is 0 Å². The highest BCUT2D eigenvalue weighted by Gasteiger charge is 2.50. The second-order valence-electron chi connectivity index (χ2n) is 7.16. The van der Waals surface area contributed by atoms with Crippen molar-refractivity contribution in [2.45, 2.75) is 63.6 Å². The second kappa shape index (κ2) is 8.18. The maximum atomic E-state index is 11.7. The molecule has 3 rings (SSSR count). The van der Waals surface area contributed by atoms with Crippen molar-refractivity contribution in [3.05, 3.63) is 35.9 Å². The highest BCUT2D eigenvalue weighted by atomic mass is 16.7. The first-order chi connectivity index (χ1) is 12.5. The Morgan fingerprint density at radius 1 is 1.15 bits per heavy atom. The van der Waals surface area contributed by atoms with E-state index in [9.17, 15) is 9.59 Å². The molecule has 1 amide bonds. The largest absolute Gasteiger partial charge is 0.460 e. The highest BCUT2D eigenvalue weighted by molar-refractivity contribution is 5.73. The van der Waals surface area contributed by atoms with Crippen LogP contribution in [0.25, 0.3) is 0 Å². The first-order valence-corrected chi connectivity index (χ1v) is 9.17. The number of rotatable bonds is 4. The van der Waals surface area contributed by atoms with Crippen LogP contribution in [0, 0.1) is 5.92 Å². The molecule has 142 valence electrons. The third-order valence-electron chi connectivity index (χ3n) is 5.39. The fourth-order valence-electron chi connectivity index (χ4n) is 4.34. The first kappa shape index (κ1) is 18.9. The molecule has 0 aromatic heterocycles. The van der Waals surface area contributed by atoms with E-state index in [1.54, 1.807) is 7.11 Å². The predicted molar refractivity (Wildman–Crippen MR) is 95.4 cm³/mol. The smallest absolute Gasteiger partial charge is 0.302 e. The van der Waals surface area contributed by atoms with Gasteiger partial charge in [-0.3, -0.25) is 9.59 Å². The predicted octanol–water partition coefficient (Wildman–Crippen LogP) is 2.38. The van der Waals surface area contributed by atoms with Gasteiger partial charge in [0.15, 0.2) is 6.29 Å². The third kappa shape index (κ3) is 4.07. The van der Waals surface area contributed by atoms with Crippen LogP contribution in [0.15, 0.2) is 30.3 Å². The van der Waals surface area contributed by atoms with Gasteiger partial charge in [-0.2, -0.15) is 0 Å². The number of ether oxygens (including phenoxy) is 3. The summed E-state index contributed by atoms with van der Waals surface area (Å²) in [5.41, 5.74) is 1.29. The quantitative estimate of drug-likeness (QED) is 0.834. The summed E-state index contributed by atoms with van der Waals surface area (Å²) >= 11 is 0. The summed E-state index contributed by atoms with van der Waals surface area (Å²) in [5, 5.41) is 2.86. The number of benzene rings is 1. The Balaban J connectivity index is 1.86. The summed E-state index contributed by atoms with van der Waals surface area (Å²) in [7, 11) is 1.54. The molecule has 1 aliphatic heterocycles. The van der Waals surface area contributed by atoms with Crippen molar-refractivity contribution in [2.24, 2.45) is 5.92 Å². The van der Waals surface area contributed by atoms with Gasteiger partial charge in [0, 0.05) is 26.9 Å². The minimum absolute atomic E-state index is 0.0149. The Bertz CT molecular complexity index is 634. The van der Waals surface area contributed by atoms with E-state index < -0.39 is 18.4 Å². The van der Waals surface area contributed by atoms with Gasteiger partial charge in [-0.25, -0.2) is 0 Å². The van der Waals surface area contributed by atoms with E-state index in [4.69, 9.17) is 14.2 Å². The molecule has 1 saturated heterocycles. The molecular formula is C20H27NO5. The lowest BCUT2D eigenvalue weighted by atomic mass is 9.71. The van der Waals surface area contributed by atoms with E-state index in [0.717, 1.165) is 19.3 Å². The summed E-state index contributed by atoms with van der Waals surface area (Å²) in [4.78, 5) is 23.4. The molecule has 6 heteroatoms. The van der Waals surface area contributed by atoms with Crippen LogP contribution < -0.4 is 5.32 Å². The van der Waals surface area contributed by atoms with Crippen LogP contribution in [0.1, 0.15) is 44.6 Å². The number of hydrogen-bond acceptors (Lipinski definition) is 5. The van der Waals surface area contributed by atoms with Crippen LogP contribution in [0.5, 0.6) is 0 Å². The molecule has 1 aromatic carbocycles. The number of hydrogen-bond donors (Lipinski definition) is 1. The molecule has 0 bridgehead atoms. The van der Waals surface area contributed by atoms with E-state index in [1.165, 1.54) is 19.4 Å². The van der Waals surface area contributed by atoms with Gasteiger partial charge >= 0.3 is 5.97 Å². The van der Waals surface area contributed by atoms with Gasteiger partial charge in [-0.1, -0.05) is 30.3 Å². The number of fused-ring (bicyclic) bond motifs is 1. The second-order valence-corrected chi connectivity index (χ2v) is 7.16. The number of amides is 1. The molecule has 2 fully saturated rings. The Kier molecular flexibility index (Phi) is 5.94. The molecule has 1 aromatic rings. The highest BCUT2D eigenvalue weighted by Crippen LogP contribution is 2.44. The molecule has 0 radical (unpaired) electrons. The molecule has 6 nitrogen and oxygen atoms in total. The SMILES string of the molecule is COC1OC2CCC(c3ccccc3)CC2[C@H](OC(C)=O)C1NC(C)=O. The maximum Gasteiger partial charge on any atom is 0.302 e. The minimum atomic E-state index is -0.627. The summed E-state index contributed by atoms with van der Waals surface area (Å²) in [6.07, 6.45) is 1.59. The van der Waals surface area contributed by atoms with E-state index in [-0.39, 0.29) is 23.9 Å². The van der Waals surface area contributed by atoms with Crippen LogP contribution in [-0.4, -0.2) is 43.5 Å². The Labute approximate surface area is 154 Å². The van der Waals surface area contributed by atoms with Crippen LogP contribution >= 0.6 is 0 Å². The van der Waals surface area contributed by atoms with Gasteiger partial charge in [-0.05, 0) is 30.7 Å². The van der Waals surface area contributed by atoms with Crippen LogP contribution in [0.2, 0.25) is 0 Å². The van der Waals surface area contributed by atoms with E-state index in [1.807, 2.05) is 18.2 Å². The third-order valence-corrected chi connectivity index (χ3v) is 5.39. The molecule has 2 aliphatic rings. The van der Waals surface area contributed by atoms with Crippen LogP contribution in [0.4, 0.5) is 0 Å². The van der Waals surface area contributed by atoms with Crippen LogP contribution in [0.3, 0.4) is 0 Å². The lowest BCUT2D eigenvalue weighted by Gasteiger charge is -2.49. The van der Waals surface area contributed by atoms with Crippen molar-refractivity contribution >= 4 is 11.9 Å². The summed E-state index contributed by atoms with van der Waals surface area (Å²) < 4.78 is 17.2. The monoisotopic (exact) mass is 361 g/mol. The molecule has 6 atom stereocenters. The van der Waals surface area contributed by atoms with Crippen molar-refractivity contribution < 1.29 is 23.8 Å². The molecule has 0 spiro atoms. The minimum Gasteiger partial charge on any atom is -0.460 e. The topological polar surface area (TPSA) is 73.9 Å². The van der Waals surface area contributed by atoms with E-state index >= 15 is 0 Å². The summed E-state index contributed by atoms with van der Waals surface area (Å²) in [6, 6.07) is 9.86. The number of esters is 1. The van der Waals surface area contributed by atoms with Gasteiger partial charge in [0.25, 0.3) is 0 Å². The molecule has 26 heavy (non-hydrogen) atoms. The number of carbonyl (C=O) groups is 2. The molecule has 5 unspecified atom stereocenters. The summed E-state index contributed by atoms with van der Waals surface area (Å²) in [5.74, 6) is -0.161. The van der Waals surface area contributed by atoms with E-state index in [0.29, 0.717) is 5.92 Å². The van der Waals surface area contributed by atoms with Gasteiger partial charge in [0.2, 0.25) is 5.91 Å². The lowest BCUT2D eigenvalue weighted by molar-refractivity contribution is -0.254. The van der Waals surface area contributed by atoms with Gasteiger partial charge in [0.1, 0.15) is 12.1 Å². The van der Waals surface area contributed by atoms with Gasteiger partial charge < -0.3 is 19.5 Å². The van der Waals surface area contributed by atoms with Gasteiger partial charge in [-0.15, -0.1) is 0 Å². The zero-order valence-electron chi connectivity index (χ0n) is 15.5. The number of methoxy groups -OCH3 is 1. The van der Waals surface area contributed by atoms with Gasteiger partial charge in [0.05, 0.1) is 6.10 Å². The molecular weight excluding hydrogens is 334 g/mol.